The molecule has 1 aromatic carbocycles. The molecule has 0 amide bonds. The number of halogens is 5. The Labute approximate surface area is 119 Å². The maximum Gasteiger partial charge on any atom is 0.419 e. The van der Waals surface area contributed by atoms with Gasteiger partial charge < -0.3 is 5.73 Å². The highest BCUT2D eigenvalue weighted by molar-refractivity contribution is 7.89. The monoisotopic (exact) mass is 336 g/mol. The van der Waals surface area contributed by atoms with E-state index in [4.69, 9.17) is 5.73 Å². The minimum Gasteiger partial charge on any atom is -0.330 e. The standard InChI is InChI=1S/C10H12F4N2O2S.ClH/c11-9-6-7(2-3-8(9)10(12,13)14)19(17,18)16-5-1-4-15;/h2-3,6,16H,1,4-5,15H2;1H. The minimum atomic E-state index is -4.86. The first-order valence-corrected chi connectivity index (χ1v) is 6.73. The minimum absolute atomic E-state index is 0. The van der Waals surface area contributed by atoms with Gasteiger partial charge in [-0.1, -0.05) is 0 Å². The van der Waals surface area contributed by atoms with Gasteiger partial charge in [0.25, 0.3) is 0 Å². The van der Waals surface area contributed by atoms with E-state index in [1.165, 1.54) is 0 Å². The molecule has 0 bridgehead atoms. The molecule has 0 saturated heterocycles. The molecule has 0 saturated carbocycles. The number of hydrogen-bond donors (Lipinski definition) is 2. The number of nitrogens with one attached hydrogen (secondary N) is 1. The molecule has 1 rings (SSSR count). The second-order valence-electron chi connectivity index (χ2n) is 3.68. The summed E-state index contributed by atoms with van der Waals surface area (Å²) in [5.74, 6) is -1.63. The van der Waals surface area contributed by atoms with Gasteiger partial charge in [0.2, 0.25) is 10.0 Å². The van der Waals surface area contributed by atoms with Crippen LogP contribution in [-0.2, 0) is 16.2 Å². The van der Waals surface area contributed by atoms with Crippen LogP contribution < -0.4 is 10.5 Å². The van der Waals surface area contributed by atoms with Crippen LogP contribution in [0.3, 0.4) is 0 Å². The zero-order chi connectivity index (χ0) is 14.7. The predicted octanol–water partition coefficient (Wildman–Crippen LogP) is 1.89. The smallest absolute Gasteiger partial charge is 0.330 e. The van der Waals surface area contributed by atoms with Crippen molar-refractivity contribution in [3.05, 3.63) is 29.6 Å². The molecule has 0 aliphatic rings. The predicted molar refractivity (Wildman–Crippen MR) is 67.5 cm³/mol. The second kappa shape index (κ2) is 7.21. The van der Waals surface area contributed by atoms with Crippen molar-refractivity contribution in [2.24, 2.45) is 5.73 Å². The van der Waals surface area contributed by atoms with Gasteiger partial charge in [-0.2, -0.15) is 13.2 Å². The Bertz CT molecular complexity index is 549. The van der Waals surface area contributed by atoms with Gasteiger partial charge in [0.15, 0.2) is 0 Å². The fourth-order valence-corrected chi connectivity index (χ4v) is 2.37. The highest BCUT2D eigenvalue weighted by atomic mass is 35.5. The molecule has 0 aliphatic heterocycles. The van der Waals surface area contributed by atoms with E-state index in [1.807, 2.05) is 0 Å². The Kier molecular flexibility index (Phi) is 6.88. The molecule has 3 N–H and O–H groups in total. The molecular weight excluding hydrogens is 324 g/mol. The molecule has 1 aromatic rings. The topological polar surface area (TPSA) is 72.2 Å². The summed E-state index contributed by atoms with van der Waals surface area (Å²) in [5.41, 5.74) is 3.66. The summed E-state index contributed by atoms with van der Waals surface area (Å²) >= 11 is 0. The molecule has 116 valence electrons. The molecule has 0 aromatic heterocycles. The summed E-state index contributed by atoms with van der Waals surface area (Å²) in [6.07, 6.45) is -4.50. The van der Waals surface area contributed by atoms with Crippen molar-refractivity contribution in [3.8, 4) is 0 Å². The number of hydrogen-bond acceptors (Lipinski definition) is 3. The molecule has 4 nitrogen and oxygen atoms in total. The van der Waals surface area contributed by atoms with E-state index in [0.717, 1.165) is 0 Å². The van der Waals surface area contributed by atoms with E-state index in [-0.39, 0.29) is 25.5 Å². The Hall–Kier alpha value is -0.900. The lowest BCUT2D eigenvalue weighted by atomic mass is 10.2. The van der Waals surface area contributed by atoms with Crippen molar-refractivity contribution in [2.75, 3.05) is 13.1 Å². The van der Waals surface area contributed by atoms with Crippen molar-refractivity contribution in [3.63, 3.8) is 0 Å². The van der Waals surface area contributed by atoms with Crippen LogP contribution in [0.1, 0.15) is 12.0 Å². The van der Waals surface area contributed by atoms with E-state index < -0.39 is 32.5 Å². The van der Waals surface area contributed by atoms with Gasteiger partial charge in [0.05, 0.1) is 10.5 Å². The Morgan fingerprint density at radius 1 is 1.25 bits per heavy atom. The highest BCUT2D eigenvalue weighted by Crippen LogP contribution is 2.32. The summed E-state index contributed by atoms with van der Waals surface area (Å²) in [6.45, 7) is 0.283. The van der Waals surface area contributed by atoms with Crippen molar-refractivity contribution in [2.45, 2.75) is 17.5 Å². The van der Waals surface area contributed by atoms with E-state index in [0.29, 0.717) is 24.6 Å². The molecule has 20 heavy (non-hydrogen) atoms. The van der Waals surface area contributed by atoms with Crippen molar-refractivity contribution >= 4 is 22.4 Å². The van der Waals surface area contributed by atoms with Gasteiger partial charge in [-0.05, 0) is 31.2 Å². The lowest BCUT2D eigenvalue weighted by Gasteiger charge is -2.10. The second-order valence-corrected chi connectivity index (χ2v) is 5.45. The van der Waals surface area contributed by atoms with E-state index in [1.54, 1.807) is 0 Å². The van der Waals surface area contributed by atoms with Gasteiger partial charge in [-0.3, -0.25) is 0 Å². The third-order valence-electron chi connectivity index (χ3n) is 2.23. The molecular formula is C10H13ClF4N2O2S. The third-order valence-corrected chi connectivity index (χ3v) is 3.69. The first kappa shape index (κ1) is 19.1. The van der Waals surface area contributed by atoms with Crippen molar-refractivity contribution in [1.29, 1.82) is 0 Å². The average molecular weight is 337 g/mol. The molecule has 0 fully saturated rings. The van der Waals surface area contributed by atoms with Gasteiger partial charge in [0.1, 0.15) is 5.82 Å². The lowest BCUT2D eigenvalue weighted by molar-refractivity contribution is -0.140. The molecule has 0 heterocycles. The lowest BCUT2D eigenvalue weighted by Crippen LogP contribution is -2.26. The SMILES string of the molecule is Cl.NCCCNS(=O)(=O)c1ccc(C(F)(F)F)c(F)c1. The zero-order valence-corrected chi connectivity index (χ0v) is 11.7. The van der Waals surface area contributed by atoms with E-state index in [9.17, 15) is 26.0 Å². The Morgan fingerprint density at radius 2 is 1.85 bits per heavy atom. The normalized spacial score (nSPS) is 12.1. The first-order valence-electron chi connectivity index (χ1n) is 5.25. The van der Waals surface area contributed by atoms with Crippen LogP contribution in [0.15, 0.2) is 23.1 Å². The molecule has 0 aliphatic carbocycles. The van der Waals surface area contributed by atoms with Crippen LogP contribution in [0, 0.1) is 5.82 Å². The summed E-state index contributed by atoms with van der Waals surface area (Å²) in [4.78, 5) is -0.560. The van der Waals surface area contributed by atoms with E-state index >= 15 is 0 Å². The highest BCUT2D eigenvalue weighted by Gasteiger charge is 2.34. The summed E-state index contributed by atoms with van der Waals surface area (Å²) in [7, 11) is -4.03. The molecule has 0 atom stereocenters. The third kappa shape index (κ3) is 4.89. The summed E-state index contributed by atoms with van der Waals surface area (Å²) < 4.78 is 75.5. The largest absolute Gasteiger partial charge is 0.419 e. The van der Waals surface area contributed by atoms with Crippen LogP contribution in [0.4, 0.5) is 17.6 Å². The fourth-order valence-electron chi connectivity index (χ4n) is 1.28. The van der Waals surface area contributed by atoms with Crippen molar-refractivity contribution < 1.29 is 26.0 Å². The maximum atomic E-state index is 13.2. The zero-order valence-electron chi connectivity index (χ0n) is 10.1. The summed E-state index contributed by atoms with van der Waals surface area (Å²) in [6, 6.07) is 1.44. The molecule has 0 spiro atoms. The Balaban J connectivity index is 0.00000361. The average Bonchev–Trinajstić information content (AvgIpc) is 2.27. The van der Waals surface area contributed by atoms with Gasteiger partial charge in [0, 0.05) is 6.54 Å². The van der Waals surface area contributed by atoms with Crippen LogP contribution in [0.2, 0.25) is 0 Å². The quantitative estimate of drug-likeness (QED) is 0.637. The van der Waals surface area contributed by atoms with Crippen LogP contribution >= 0.6 is 12.4 Å². The first-order chi connectivity index (χ1) is 8.68. The van der Waals surface area contributed by atoms with Crippen LogP contribution in [0.5, 0.6) is 0 Å². The van der Waals surface area contributed by atoms with Gasteiger partial charge in [-0.15, -0.1) is 12.4 Å². The van der Waals surface area contributed by atoms with Crippen LogP contribution in [-0.4, -0.2) is 21.5 Å². The van der Waals surface area contributed by atoms with Crippen LogP contribution in [0.25, 0.3) is 0 Å². The number of benzene rings is 1. The maximum absolute atomic E-state index is 13.2. The number of sulfonamides is 1. The molecule has 0 radical (unpaired) electrons. The summed E-state index contributed by atoms with van der Waals surface area (Å²) in [5, 5.41) is 0. The molecule has 0 unspecified atom stereocenters. The number of nitrogens with two attached hydrogens (primary N) is 1. The number of alkyl halides is 3. The van der Waals surface area contributed by atoms with Gasteiger partial charge in [-0.25, -0.2) is 17.5 Å². The Morgan fingerprint density at radius 3 is 2.30 bits per heavy atom. The number of rotatable bonds is 5. The van der Waals surface area contributed by atoms with Gasteiger partial charge >= 0.3 is 6.18 Å². The molecule has 10 heteroatoms. The fraction of sp³-hybridized carbons (Fsp3) is 0.400. The van der Waals surface area contributed by atoms with Crippen molar-refractivity contribution in [1.82, 2.24) is 4.72 Å². The van der Waals surface area contributed by atoms with E-state index in [2.05, 4.69) is 4.72 Å².